The molecule has 0 aromatic heterocycles. The van der Waals surface area contributed by atoms with Crippen LogP contribution >= 0.6 is 20.4 Å². The highest BCUT2D eigenvalue weighted by molar-refractivity contribution is 7.38. The Kier molecular flexibility index (Phi) is 7.17. The van der Waals surface area contributed by atoms with E-state index in [2.05, 4.69) is 0 Å². The second-order valence-corrected chi connectivity index (χ2v) is 5.57. The van der Waals surface area contributed by atoms with Crippen molar-refractivity contribution in [3.63, 3.8) is 0 Å². The van der Waals surface area contributed by atoms with Crippen LogP contribution in [0.1, 0.15) is 33.1 Å². The van der Waals surface area contributed by atoms with Gasteiger partial charge in [0.2, 0.25) is 5.91 Å². The molecule has 1 aliphatic heterocycles. The lowest BCUT2D eigenvalue weighted by Crippen LogP contribution is -2.48. The Bertz CT molecular complexity index is 291. The van der Waals surface area contributed by atoms with Crippen LogP contribution in [-0.4, -0.2) is 34.1 Å². The number of carbonyl (C=O) groups is 1. The highest BCUT2D eigenvalue weighted by Crippen LogP contribution is 2.35. The maximum atomic E-state index is 12.0. The van der Waals surface area contributed by atoms with Gasteiger partial charge in [0.25, 0.3) is 5.78 Å². The quantitative estimate of drug-likeness (QED) is 0.765. The van der Waals surface area contributed by atoms with Crippen molar-refractivity contribution in [2.75, 3.05) is 6.54 Å². The Hall–Kier alpha value is -0.220. The molecule has 0 radical (unpaired) electrons. The highest BCUT2D eigenvalue weighted by Gasteiger charge is 2.43. The van der Waals surface area contributed by atoms with Crippen LogP contribution in [0.3, 0.4) is 0 Å². The fraction of sp³-hybridized carbons (Fsp3) is 0.900. The Labute approximate surface area is 109 Å². The van der Waals surface area contributed by atoms with Crippen molar-refractivity contribution < 1.29 is 14.3 Å². The summed E-state index contributed by atoms with van der Waals surface area (Å²) in [6.07, 6.45) is 2.21. The number of halogens is 1. The molecule has 100 valence electrons. The van der Waals surface area contributed by atoms with Crippen molar-refractivity contribution >= 4 is 26.3 Å². The fourth-order valence-electron chi connectivity index (χ4n) is 1.92. The first-order valence-corrected chi connectivity index (χ1v) is 6.98. The van der Waals surface area contributed by atoms with Gasteiger partial charge in [0.15, 0.2) is 0 Å². The minimum absolute atomic E-state index is 0. The normalized spacial score (nSPS) is 23.9. The van der Waals surface area contributed by atoms with E-state index in [0.29, 0.717) is 13.0 Å². The molecule has 0 spiro atoms. The summed E-state index contributed by atoms with van der Waals surface area (Å²) in [6, 6.07) is -0.555. The lowest BCUT2D eigenvalue weighted by Gasteiger charge is -2.24. The van der Waals surface area contributed by atoms with E-state index in [9.17, 15) is 9.36 Å². The van der Waals surface area contributed by atoms with E-state index < -0.39 is 19.9 Å². The molecule has 1 amide bonds. The van der Waals surface area contributed by atoms with Gasteiger partial charge in [-0.2, -0.15) is 4.89 Å². The maximum Gasteiger partial charge on any atom is 0.530 e. The number of carbonyl (C=O) groups excluding carboxylic acids is 1. The molecule has 1 rings (SSSR count). The molecule has 0 aromatic carbocycles. The molecule has 5 nitrogen and oxygen atoms in total. The summed E-state index contributed by atoms with van der Waals surface area (Å²) in [4.78, 5) is 22.6. The summed E-state index contributed by atoms with van der Waals surface area (Å²) in [5.74, 6) is -0.614. The van der Waals surface area contributed by atoms with Gasteiger partial charge >= 0.3 is 8.03 Å². The van der Waals surface area contributed by atoms with Gasteiger partial charge in [-0.05, 0) is 16.9 Å². The molecule has 0 aliphatic carbocycles. The maximum absolute atomic E-state index is 12.0. The zero-order chi connectivity index (χ0) is 12.3. The Morgan fingerprint density at radius 3 is 2.71 bits per heavy atom. The Balaban J connectivity index is 0.00000256. The van der Waals surface area contributed by atoms with Gasteiger partial charge in [-0.3, -0.25) is 9.69 Å². The van der Waals surface area contributed by atoms with Crippen LogP contribution in [0, 0.1) is 5.92 Å². The first-order chi connectivity index (χ1) is 7.49. The number of hydrogen-bond acceptors (Lipinski definition) is 3. The largest absolute Gasteiger partial charge is 0.530 e. The molecule has 4 atom stereocenters. The lowest BCUT2D eigenvalue weighted by molar-refractivity contribution is -0.133. The predicted molar refractivity (Wildman–Crippen MR) is 69.2 cm³/mol. The molecule has 1 unspecified atom stereocenters. The van der Waals surface area contributed by atoms with Crippen molar-refractivity contribution in [3.8, 4) is 0 Å². The second kappa shape index (κ2) is 7.27. The lowest BCUT2D eigenvalue weighted by atomic mass is 9.99. The molecule has 1 fully saturated rings. The SMILES string of the molecule is CC[C@H](C)[C@H](N)C(=O)N1CCC[C@H]1[P+](=O)O.Cl. The standard InChI is InChI=1S/C10H19N2O3P.ClH/c1-3-7(2)9(11)10(13)12-6-4-5-8(12)16(14)15;/h7-9H,3-6,11H2,1-2H3;1H/p+1/t7-,8+,9-;/m0./s1. The summed E-state index contributed by atoms with van der Waals surface area (Å²) in [5.41, 5.74) is 5.85. The van der Waals surface area contributed by atoms with E-state index >= 15 is 0 Å². The molecular formula is C10H21ClN2O3P+. The Morgan fingerprint density at radius 1 is 1.65 bits per heavy atom. The van der Waals surface area contributed by atoms with E-state index in [0.717, 1.165) is 12.8 Å². The number of nitrogens with two attached hydrogens (primary N) is 1. The van der Waals surface area contributed by atoms with E-state index in [1.807, 2.05) is 13.8 Å². The van der Waals surface area contributed by atoms with E-state index in [4.69, 9.17) is 10.6 Å². The molecule has 0 bridgehead atoms. The number of amides is 1. The van der Waals surface area contributed by atoms with Crippen LogP contribution in [-0.2, 0) is 9.36 Å². The molecule has 3 N–H and O–H groups in total. The van der Waals surface area contributed by atoms with Gasteiger partial charge in [-0.25, -0.2) is 0 Å². The first kappa shape index (κ1) is 16.8. The average Bonchev–Trinajstić information content (AvgIpc) is 2.74. The molecule has 1 saturated heterocycles. The van der Waals surface area contributed by atoms with Gasteiger partial charge in [0.1, 0.15) is 0 Å². The van der Waals surface area contributed by atoms with E-state index in [1.54, 1.807) is 0 Å². The van der Waals surface area contributed by atoms with Crippen molar-refractivity contribution in [2.24, 2.45) is 11.7 Å². The van der Waals surface area contributed by atoms with Crippen LogP contribution in [0.2, 0.25) is 0 Å². The van der Waals surface area contributed by atoms with Crippen molar-refractivity contribution in [3.05, 3.63) is 0 Å². The third kappa shape index (κ3) is 3.88. The topological polar surface area (TPSA) is 83.6 Å². The fourth-order valence-corrected chi connectivity index (χ4v) is 2.80. The summed E-state index contributed by atoms with van der Waals surface area (Å²) < 4.78 is 11.1. The minimum Gasteiger partial charge on any atom is -0.320 e. The number of nitrogens with zero attached hydrogens (tertiary/aromatic N) is 1. The summed E-state index contributed by atoms with van der Waals surface area (Å²) in [6.45, 7) is 4.45. The third-order valence-corrected chi connectivity index (χ3v) is 4.35. The summed E-state index contributed by atoms with van der Waals surface area (Å²) in [7, 11) is -2.32. The molecule has 1 aliphatic rings. The minimum atomic E-state index is -2.32. The van der Waals surface area contributed by atoms with Crippen molar-refractivity contribution in [1.82, 2.24) is 4.90 Å². The number of hydrogen-bond donors (Lipinski definition) is 2. The van der Waals surface area contributed by atoms with Gasteiger partial charge in [0.05, 0.1) is 6.04 Å². The van der Waals surface area contributed by atoms with Gasteiger partial charge in [-0.15, -0.1) is 12.4 Å². The van der Waals surface area contributed by atoms with Crippen molar-refractivity contribution in [1.29, 1.82) is 0 Å². The first-order valence-electron chi connectivity index (χ1n) is 5.70. The van der Waals surface area contributed by atoms with E-state index in [-0.39, 0.29) is 24.2 Å². The molecular weight excluding hydrogens is 263 g/mol. The predicted octanol–water partition coefficient (Wildman–Crippen LogP) is 1.46. The smallest absolute Gasteiger partial charge is 0.320 e. The molecule has 17 heavy (non-hydrogen) atoms. The van der Waals surface area contributed by atoms with Gasteiger partial charge in [0, 0.05) is 13.0 Å². The van der Waals surface area contributed by atoms with Crippen molar-refractivity contribution in [2.45, 2.75) is 44.9 Å². The molecule has 0 aromatic rings. The van der Waals surface area contributed by atoms with Gasteiger partial charge in [-0.1, -0.05) is 20.3 Å². The molecule has 7 heteroatoms. The zero-order valence-electron chi connectivity index (χ0n) is 10.2. The molecule has 0 saturated carbocycles. The third-order valence-electron chi connectivity index (χ3n) is 3.30. The zero-order valence-corrected chi connectivity index (χ0v) is 11.9. The van der Waals surface area contributed by atoms with Crippen LogP contribution in [0.4, 0.5) is 0 Å². The van der Waals surface area contributed by atoms with Gasteiger partial charge < -0.3 is 5.73 Å². The number of rotatable bonds is 4. The monoisotopic (exact) mass is 283 g/mol. The molecule has 1 heterocycles. The second-order valence-electron chi connectivity index (χ2n) is 4.37. The van der Waals surface area contributed by atoms with Crippen LogP contribution in [0.25, 0.3) is 0 Å². The van der Waals surface area contributed by atoms with E-state index in [1.165, 1.54) is 4.90 Å². The van der Waals surface area contributed by atoms with Crippen LogP contribution in [0.5, 0.6) is 0 Å². The summed E-state index contributed by atoms with van der Waals surface area (Å²) >= 11 is 0. The highest BCUT2D eigenvalue weighted by atomic mass is 35.5. The van der Waals surface area contributed by atoms with Crippen LogP contribution in [0.15, 0.2) is 0 Å². The Morgan fingerprint density at radius 2 is 2.24 bits per heavy atom. The summed E-state index contributed by atoms with van der Waals surface area (Å²) in [5, 5.41) is 0. The average molecular weight is 284 g/mol. The van der Waals surface area contributed by atoms with Crippen LogP contribution < -0.4 is 5.73 Å². The number of likely N-dealkylation sites (tertiary alicyclic amines) is 1.